The van der Waals surface area contributed by atoms with Crippen LogP contribution in [0.1, 0.15) is 45.4 Å². The predicted molar refractivity (Wildman–Crippen MR) is 59.7 cm³/mol. The summed E-state index contributed by atoms with van der Waals surface area (Å²) >= 11 is 0. The van der Waals surface area contributed by atoms with E-state index in [1.807, 2.05) is 6.92 Å². The van der Waals surface area contributed by atoms with Gasteiger partial charge >= 0.3 is 6.03 Å². The first-order valence-electron chi connectivity index (χ1n) is 5.90. The molecule has 15 heavy (non-hydrogen) atoms. The molecule has 0 unspecified atom stereocenters. The molecule has 0 atom stereocenters. The van der Waals surface area contributed by atoms with Crippen LogP contribution in [-0.2, 0) is 0 Å². The Hall–Kier alpha value is -0.770. The van der Waals surface area contributed by atoms with Crippen LogP contribution in [0.3, 0.4) is 0 Å². The Kier molecular flexibility index (Phi) is 4.88. The summed E-state index contributed by atoms with van der Waals surface area (Å²) in [5.41, 5.74) is -0.679. The summed E-state index contributed by atoms with van der Waals surface area (Å²) < 4.78 is 0. The van der Waals surface area contributed by atoms with E-state index < -0.39 is 5.60 Å². The van der Waals surface area contributed by atoms with Gasteiger partial charge in [0, 0.05) is 13.1 Å². The third-order valence-electron chi connectivity index (χ3n) is 2.95. The minimum absolute atomic E-state index is 0.185. The van der Waals surface area contributed by atoms with Crippen molar-refractivity contribution in [1.29, 1.82) is 0 Å². The van der Waals surface area contributed by atoms with Gasteiger partial charge in [0.15, 0.2) is 0 Å². The summed E-state index contributed by atoms with van der Waals surface area (Å²) in [6, 6.07) is -0.185. The highest BCUT2D eigenvalue weighted by Crippen LogP contribution is 2.26. The third-order valence-corrected chi connectivity index (χ3v) is 2.95. The lowest BCUT2D eigenvalue weighted by molar-refractivity contribution is 0.0277. The zero-order chi connectivity index (χ0) is 11.1. The second kappa shape index (κ2) is 5.95. The van der Waals surface area contributed by atoms with Crippen LogP contribution >= 0.6 is 0 Å². The molecule has 0 bridgehead atoms. The molecular formula is C11H22N2O2. The zero-order valence-corrected chi connectivity index (χ0v) is 9.51. The van der Waals surface area contributed by atoms with Gasteiger partial charge in [0.25, 0.3) is 0 Å². The Morgan fingerprint density at radius 2 is 1.80 bits per heavy atom. The van der Waals surface area contributed by atoms with Crippen molar-refractivity contribution in [3.63, 3.8) is 0 Å². The Bertz CT molecular complexity index is 199. The maximum atomic E-state index is 11.2. The van der Waals surface area contributed by atoms with Crippen LogP contribution in [0.5, 0.6) is 0 Å². The first kappa shape index (κ1) is 12.3. The zero-order valence-electron chi connectivity index (χ0n) is 9.51. The number of aliphatic hydroxyl groups is 1. The van der Waals surface area contributed by atoms with Crippen LogP contribution in [0.2, 0.25) is 0 Å². The average Bonchev–Trinajstić information content (AvgIpc) is 2.42. The number of hydrogen-bond donors (Lipinski definition) is 3. The van der Waals surface area contributed by atoms with E-state index in [2.05, 4.69) is 10.6 Å². The number of rotatable bonds is 3. The predicted octanol–water partition coefficient (Wildman–Crippen LogP) is 1.39. The topological polar surface area (TPSA) is 61.4 Å². The lowest BCUT2D eigenvalue weighted by Crippen LogP contribution is -2.46. The number of carbonyl (C=O) groups excluding carboxylic acids is 1. The fourth-order valence-electron chi connectivity index (χ4n) is 2.03. The van der Waals surface area contributed by atoms with Crippen molar-refractivity contribution in [1.82, 2.24) is 10.6 Å². The highest BCUT2D eigenvalue weighted by atomic mass is 16.3. The maximum Gasteiger partial charge on any atom is 0.314 e. The molecule has 1 saturated carbocycles. The van der Waals surface area contributed by atoms with Crippen molar-refractivity contribution in [2.75, 3.05) is 13.1 Å². The molecule has 4 nitrogen and oxygen atoms in total. The summed E-state index contributed by atoms with van der Waals surface area (Å²) in [5.74, 6) is 0. The van der Waals surface area contributed by atoms with E-state index in [-0.39, 0.29) is 6.03 Å². The van der Waals surface area contributed by atoms with E-state index in [9.17, 15) is 9.90 Å². The van der Waals surface area contributed by atoms with E-state index in [0.717, 1.165) is 25.7 Å². The molecule has 88 valence electrons. The van der Waals surface area contributed by atoms with Crippen molar-refractivity contribution >= 4 is 6.03 Å². The standard InChI is InChI=1S/C11H22N2O2/c1-2-12-10(14)13-9-11(15)7-5-3-4-6-8-11/h15H,2-9H2,1H3,(H2,12,13,14). The van der Waals surface area contributed by atoms with Gasteiger partial charge in [0.2, 0.25) is 0 Å². The number of urea groups is 1. The quantitative estimate of drug-likeness (QED) is 0.622. The van der Waals surface area contributed by atoms with Gasteiger partial charge in [-0.3, -0.25) is 0 Å². The second-order valence-electron chi connectivity index (χ2n) is 4.35. The third kappa shape index (κ3) is 4.51. The van der Waals surface area contributed by atoms with Crippen LogP contribution in [0.15, 0.2) is 0 Å². The van der Waals surface area contributed by atoms with Gasteiger partial charge in [-0.1, -0.05) is 25.7 Å². The SMILES string of the molecule is CCNC(=O)NCC1(O)CCCCCC1. The number of hydrogen-bond acceptors (Lipinski definition) is 2. The Balaban J connectivity index is 2.30. The Labute approximate surface area is 91.4 Å². The van der Waals surface area contributed by atoms with Gasteiger partial charge in [0.05, 0.1) is 5.60 Å². The smallest absolute Gasteiger partial charge is 0.314 e. The normalized spacial score (nSPS) is 20.4. The maximum absolute atomic E-state index is 11.2. The van der Waals surface area contributed by atoms with E-state index in [0.29, 0.717) is 13.1 Å². The van der Waals surface area contributed by atoms with Gasteiger partial charge < -0.3 is 15.7 Å². The molecule has 1 aliphatic carbocycles. The van der Waals surface area contributed by atoms with Gasteiger partial charge in [0.1, 0.15) is 0 Å². The van der Waals surface area contributed by atoms with Crippen molar-refractivity contribution in [3.8, 4) is 0 Å². The summed E-state index contributed by atoms with van der Waals surface area (Å²) in [5, 5.41) is 15.6. The fourth-order valence-corrected chi connectivity index (χ4v) is 2.03. The van der Waals surface area contributed by atoms with Crippen LogP contribution in [-0.4, -0.2) is 29.8 Å². The minimum atomic E-state index is -0.679. The van der Waals surface area contributed by atoms with Gasteiger partial charge in [-0.05, 0) is 19.8 Å². The van der Waals surface area contributed by atoms with E-state index in [1.165, 1.54) is 12.8 Å². The van der Waals surface area contributed by atoms with Gasteiger partial charge in [-0.2, -0.15) is 0 Å². The molecule has 0 saturated heterocycles. The molecular weight excluding hydrogens is 192 g/mol. The molecule has 2 amide bonds. The summed E-state index contributed by atoms with van der Waals surface area (Å²) in [6.45, 7) is 2.86. The van der Waals surface area contributed by atoms with Crippen LogP contribution in [0.25, 0.3) is 0 Å². The molecule has 4 heteroatoms. The number of amides is 2. The Morgan fingerprint density at radius 3 is 2.33 bits per heavy atom. The van der Waals surface area contributed by atoms with Crippen molar-refractivity contribution in [2.45, 2.75) is 51.0 Å². The van der Waals surface area contributed by atoms with E-state index >= 15 is 0 Å². The lowest BCUT2D eigenvalue weighted by atomic mass is 9.95. The average molecular weight is 214 g/mol. The fraction of sp³-hybridized carbons (Fsp3) is 0.909. The first-order chi connectivity index (χ1) is 7.16. The number of carbonyl (C=O) groups is 1. The van der Waals surface area contributed by atoms with Gasteiger partial charge in [-0.25, -0.2) is 4.79 Å². The van der Waals surface area contributed by atoms with Crippen molar-refractivity contribution in [2.24, 2.45) is 0 Å². The molecule has 0 aromatic heterocycles. The molecule has 0 aromatic carbocycles. The van der Waals surface area contributed by atoms with Crippen LogP contribution in [0, 0.1) is 0 Å². The number of nitrogens with one attached hydrogen (secondary N) is 2. The highest BCUT2D eigenvalue weighted by molar-refractivity contribution is 5.73. The van der Waals surface area contributed by atoms with Gasteiger partial charge in [-0.15, -0.1) is 0 Å². The summed E-state index contributed by atoms with van der Waals surface area (Å²) in [4.78, 5) is 11.2. The molecule has 0 spiro atoms. The molecule has 0 radical (unpaired) electrons. The highest BCUT2D eigenvalue weighted by Gasteiger charge is 2.28. The largest absolute Gasteiger partial charge is 0.388 e. The van der Waals surface area contributed by atoms with E-state index in [1.54, 1.807) is 0 Å². The summed E-state index contributed by atoms with van der Waals surface area (Å²) in [6.07, 6.45) is 6.13. The van der Waals surface area contributed by atoms with Crippen molar-refractivity contribution in [3.05, 3.63) is 0 Å². The molecule has 1 aliphatic rings. The van der Waals surface area contributed by atoms with Crippen LogP contribution in [0.4, 0.5) is 4.79 Å². The summed E-state index contributed by atoms with van der Waals surface area (Å²) in [7, 11) is 0. The second-order valence-corrected chi connectivity index (χ2v) is 4.35. The first-order valence-corrected chi connectivity index (χ1v) is 5.90. The van der Waals surface area contributed by atoms with E-state index in [4.69, 9.17) is 0 Å². The monoisotopic (exact) mass is 214 g/mol. The molecule has 1 rings (SSSR count). The molecule has 3 N–H and O–H groups in total. The lowest BCUT2D eigenvalue weighted by Gasteiger charge is -2.26. The Morgan fingerprint density at radius 1 is 1.20 bits per heavy atom. The van der Waals surface area contributed by atoms with Crippen molar-refractivity contribution < 1.29 is 9.90 Å². The molecule has 1 fully saturated rings. The molecule has 0 aromatic rings. The molecule has 0 heterocycles. The minimum Gasteiger partial charge on any atom is -0.388 e. The van der Waals surface area contributed by atoms with Crippen LogP contribution < -0.4 is 10.6 Å². The molecule has 0 aliphatic heterocycles.